The van der Waals surface area contributed by atoms with Crippen molar-refractivity contribution in [3.8, 4) is 0 Å². The lowest BCUT2D eigenvalue weighted by molar-refractivity contribution is 0.191. The highest BCUT2D eigenvalue weighted by Crippen LogP contribution is 2.27. The summed E-state index contributed by atoms with van der Waals surface area (Å²) in [7, 11) is 0. The first kappa shape index (κ1) is 19.0. The number of nitrogens with one attached hydrogen (secondary N) is 3. The summed E-state index contributed by atoms with van der Waals surface area (Å²) in [6, 6.07) is 13.9. The summed E-state index contributed by atoms with van der Waals surface area (Å²) in [6.45, 7) is 7.57. The number of rotatable bonds is 4. The first-order chi connectivity index (χ1) is 13.7. The number of amides is 2. The molecule has 148 valence electrons. The average Bonchev–Trinajstić information content (AvgIpc) is 2.70. The molecule has 0 radical (unpaired) electrons. The molecular formula is C23H30N4O. The lowest BCUT2D eigenvalue weighted by Crippen LogP contribution is -2.38. The van der Waals surface area contributed by atoms with Crippen LogP contribution >= 0.6 is 0 Å². The van der Waals surface area contributed by atoms with E-state index in [1.807, 2.05) is 43.3 Å². The van der Waals surface area contributed by atoms with Gasteiger partial charge in [0.05, 0.1) is 0 Å². The number of fused-ring (bicyclic) bond motifs is 1. The van der Waals surface area contributed by atoms with E-state index in [4.69, 9.17) is 0 Å². The van der Waals surface area contributed by atoms with E-state index in [0.717, 1.165) is 49.9 Å². The lowest BCUT2D eigenvalue weighted by Gasteiger charge is -2.34. The maximum absolute atomic E-state index is 12.4. The van der Waals surface area contributed by atoms with Gasteiger partial charge >= 0.3 is 6.03 Å². The molecule has 0 aromatic heterocycles. The highest BCUT2D eigenvalue weighted by Gasteiger charge is 2.23. The first-order valence-electron chi connectivity index (χ1n) is 10.4. The van der Waals surface area contributed by atoms with Gasteiger partial charge in [-0.25, -0.2) is 4.79 Å². The molecular weight excluding hydrogens is 348 g/mol. The van der Waals surface area contributed by atoms with Gasteiger partial charge in [-0.15, -0.1) is 0 Å². The second kappa shape index (κ2) is 8.76. The molecule has 4 rings (SSSR count). The number of carbonyl (C=O) groups excluding carboxylic acids is 1. The van der Waals surface area contributed by atoms with Crippen molar-refractivity contribution in [2.75, 3.05) is 36.8 Å². The van der Waals surface area contributed by atoms with Crippen molar-refractivity contribution < 1.29 is 4.79 Å². The topological polar surface area (TPSA) is 56.4 Å². The Labute approximate surface area is 167 Å². The van der Waals surface area contributed by atoms with Gasteiger partial charge in [0.1, 0.15) is 0 Å². The number of aryl methyl sites for hydroxylation is 1. The Kier molecular flexibility index (Phi) is 5.93. The molecule has 2 aromatic rings. The van der Waals surface area contributed by atoms with Crippen LogP contribution in [-0.4, -0.2) is 37.1 Å². The molecule has 3 N–H and O–H groups in total. The number of benzene rings is 2. The monoisotopic (exact) mass is 378 g/mol. The zero-order chi connectivity index (χ0) is 19.3. The molecule has 0 bridgehead atoms. The normalized spacial score (nSPS) is 17.8. The number of nitrogens with zero attached hydrogens (tertiary/aromatic N) is 1. The van der Waals surface area contributed by atoms with Crippen LogP contribution in [0.5, 0.6) is 0 Å². The van der Waals surface area contributed by atoms with E-state index in [0.29, 0.717) is 0 Å². The number of anilines is 2. The summed E-state index contributed by atoms with van der Waals surface area (Å²) in [5.41, 5.74) is 5.54. The quantitative estimate of drug-likeness (QED) is 0.754. The van der Waals surface area contributed by atoms with E-state index in [9.17, 15) is 4.79 Å². The van der Waals surface area contributed by atoms with Gasteiger partial charge in [-0.3, -0.25) is 4.90 Å². The lowest BCUT2D eigenvalue weighted by atomic mass is 9.94. The molecule has 0 spiro atoms. The third-order valence-electron chi connectivity index (χ3n) is 5.88. The van der Waals surface area contributed by atoms with E-state index >= 15 is 0 Å². The minimum Gasteiger partial charge on any atom is -0.317 e. The fourth-order valence-corrected chi connectivity index (χ4v) is 4.29. The molecule has 2 aliphatic heterocycles. The van der Waals surface area contributed by atoms with Gasteiger partial charge in [0.15, 0.2) is 0 Å². The zero-order valence-electron chi connectivity index (χ0n) is 16.6. The smallest absolute Gasteiger partial charge is 0.317 e. The Balaban J connectivity index is 1.38. The largest absolute Gasteiger partial charge is 0.323 e. The van der Waals surface area contributed by atoms with Gasteiger partial charge < -0.3 is 16.0 Å². The Morgan fingerprint density at radius 2 is 1.89 bits per heavy atom. The standard InChI is InChI=1S/C23H30N4O/c1-17-5-7-20(8-6-17)25-23(28)26-22-4-2-3-19-16-27(14-11-21(19)22)15-18-9-12-24-13-10-18/h2-8,18,24H,9-16H2,1H3,(H2,25,26,28). The van der Waals surface area contributed by atoms with Crippen LogP contribution in [0.25, 0.3) is 0 Å². The van der Waals surface area contributed by atoms with Gasteiger partial charge in [-0.2, -0.15) is 0 Å². The molecule has 1 saturated heterocycles. The van der Waals surface area contributed by atoms with Crippen molar-refractivity contribution in [3.63, 3.8) is 0 Å². The third kappa shape index (κ3) is 4.72. The van der Waals surface area contributed by atoms with Crippen LogP contribution in [0.1, 0.15) is 29.5 Å². The van der Waals surface area contributed by atoms with Gasteiger partial charge in [0.25, 0.3) is 0 Å². The van der Waals surface area contributed by atoms with Gasteiger partial charge in [-0.1, -0.05) is 29.8 Å². The van der Waals surface area contributed by atoms with E-state index in [2.05, 4.69) is 26.9 Å². The Morgan fingerprint density at radius 1 is 1.11 bits per heavy atom. The highest BCUT2D eigenvalue weighted by molar-refractivity contribution is 6.00. The second-order valence-electron chi connectivity index (χ2n) is 8.07. The van der Waals surface area contributed by atoms with Crippen molar-refractivity contribution in [2.45, 2.75) is 32.7 Å². The van der Waals surface area contributed by atoms with Crippen molar-refractivity contribution in [1.29, 1.82) is 0 Å². The fraction of sp³-hybridized carbons (Fsp3) is 0.435. The van der Waals surface area contributed by atoms with Crippen molar-refractivity contribution in [1.82, 2.24) is 10.2 Å². The molecule has 0 atom stereocenters. The Morgan fingerprint density at radius 3 is 2.68 bits per heavy atom. The first-order valence-corrected chi connectivity index (χ1v) is 10.4. The predicted octanol–water partition coefficient (Wildman–Crippen LogP) is 4.00. The molecule has 0 aliphatic carbocycles. The molecule has 2 heterocycles. The molecule has 0 unspecified atom stereocenters. The predicted molar refractivity (Wildman–Crippen MR) is 115 cm³/mol. The Bertz CT molecular complexity index is 812. The van der Waals surface area contributed by atoms with Crippen LogP contribution in [0.2, 0.25) is 0 Å². The number of piperidine rings is 1. The molecule has 1 fully saturated rings. The number of hydrogen-bond acceptors (Lipinski definition) is 3. The second-order valence-corrected chi connectivity index (χ2v) is 8.07. The molecule has 28 heavy (non-hydrogen) atoms. The summed E-state index contributed by atoms with van der Waals surface area (Å²) in [5.74, 6) is 0.810. The van der Waals surface area contributed by atoms with Crippen LogP contribution in [0.3, 0.4) is 0 Å². The van der Waals surface area contributed by atoms with Gasteiger partial charge in [-0.05, 0) is 74.5 Å². The summed E-state index contributed by atoms with van der Waals surface area (Å²) in [4.78, 5) is 15.0. The van der Waals surface area contributed by atoms with Gasteiger partial charge in [0.2, 0.25) is 0 Å². The van der Waals surface area contributed by atoms with Crippen LogP contribution in [-0.2, 0) is 13.0 Å². The van der Waals surface area contributed by atoms with Crippen molar-refractivity contribution in [2.24, 2.45) is 5.92 Å². The summed E-state index contributed by atoms with van der Waals surface area (Å²) >= 11 is 0. The van der Waals surface area contributed by atoms with E-state index < -0.39 is 0 Å². The fourth-order valence-electron chi connectivity index (χ4n) is 4.29. The maximum Gasteiger partial charge on any atom is 0.323 e. The molecule has 5 heteroatoms. The molecule has 2 amide bonds. The summed E-state index contributed by atoms with van der Waals surface area (Å²) in [6.07, 6.45) is 3.55. The van der Waals surface area contributed by atoms with Crippen molar-refractivity contribution >= 4 is 17.4 Å². The highest BCUT2D eigenvalue weighted by atomic mass is 16.2. The van der Waals surface area contributed by atoms with Gasteiger partial charge in [0, 0.05) is 31.0 Å². The Hall–Kier alpha value is -2.37. The van der Waals surface area contributed by atoms with E-state index in [1.165, 1.54) is 36.1 Å². The zero-order valence-corrected chi connectivity index (χ0v) is 16.6. The van der Waals surface area contributed by atoms with Crippen molar-refractivity contribution in [3.05, 3.63) is 59.2 Å². The summed E-state index contributed by atoms with van der Waals surface area (Å²) < 4.78 is 0. The van der Waals surface area contributed by atoms with Crippen LogP contribution < -0.4 is 16.0 Å². The van der Waals surface area contributed by atoms with E-state index in [1.54, 1.807) is 0 Å². The molecule has 5 nitrogen and oxygen atoms in total. The van der Waals surface area contributed by atoms with Crippen LogP contribution in [0.4, 0.5) is 16.2 Å². The minimum atomic E-state index is -0.186. The maximum atomic E-state index is 12.4. The van der Waals surface area contributed by atoms with Crippen LogP contribution in [0, 0.1) is 12.8 Å². The number of urea groups is 1. The molecule has 2 aliphatic rings. The number of carbonyl (C=O) groups is 1. The average molecular weight is 379 g/mol. The molecule has 2 aromatic carbocycles. The van der Waals surface area contributed by atoms with Crippen LogP contribution in [0.15, 0.2) is 42.5 Å². The minimum absolute atomic E-state index is 0.186. The third-order valence-corrected chi connectivity index (χ3v) is 5.88. The SMILES string of the molecule is Cc1ccc(NC(=O)Nc2cccc3c2CCN(CC2CCNCC2)C3)cc1. The number of hydrogen-bond donors (Lipinski definition) is 3. The molecule has 0 saturated carbocycles. The summed E-state index contributed by atoms with van der Waals surface area (Å²) in [5, 5.41) is 9.42. The van der Waals surface area contributed by atoms with E-state index in [-0.39, 0.29) is 6.03 Å².